The Labute approximate surface area is 164 Å². The van der Waals surface area contributed by atoms with Crippen molar-refractivity contribution in [1.29, 1.82) is 0 Å². The Kier molecular flexibility index (Phi) is 5.55. The van der Waals surface area contributed by atoms with E-state index in [1.165, 1.54) is 34.4 Å². The van der Waals surface area contributed by atoms with Gasteiger partial charge in [-0.05, 0) is 38.0 Å². The third-order valence-electron chi connectivity index (χ3n) is 4.56. The van der Waals surface area contributed by atoms with Gasteiger partial charge in [0.05, 0.1) is 22.7 Å². The molecule has 0 aliphatic carbocycles. The number of fused-ring (bicyclic) bond motifs is 1. The molecule has 8 nitrogen and oxygen atoms in total. The number of nitro benzene ring substituents is 1. The maximum Gasteiger partial charge on any atom is 0.329 e. The Balaban J connectivity index is 2.04. The number of ether oxygens (including phenoxy) is 1. The van der Waals surface area contributed by atoms with E-state index in [9.17, 15) is 19.7 Å². The van der Waals surface area contributed by atoms with Gasteiger partial charge in [-0.1, -0.05) is 6.92 Å². The second-order valence-electron chi connectivity index (χ2n) is 6.42. The molecule has 2 aromatic heterocycles. The highest BCUT2D eigenvalue weighted by Crippen LogP contribution is 2.31. The summed E-state index contributed by atoms with van der Waals surface area (Å²) in [7, 11) is 0. The van der Waals surface area contributed by atoms with E-state index in [0.717, 1.165) is 0 Å². The van der Waals surface area contributed by atoms with Gasteiger partial charge in [0.15, 0.2) is 0 Å². The molecule has 0 N–H and O–H groups in total. The lowest BCUT2D eigenvalue weighted by Gasteiger charge is -2.17. The number of benzene rings is 1. The van der Waals surface area contributed by atoms with Crippen LogP contribution in [0.4, 0.5) is 5.69 Å². The van der Waals surface area contributed by atoms with Crippen molar-refractivity contribution in [3.63, 3.8) is 0 Å². The van der Waals surface area contributed by atoms with Gasteiger partial charge in [-0.25, -0.2) is 9.78 Å². The molecule has 0 saturated carbocycles. The van der Waals surface area contributed by atoms with Gasteiger partial charge in [-0.2, -0.15) is 0 Å². The molecular weight excluding hydrogens is 382 g/mol. The van der Waals surface area contributed by atoms with Gasteiger partial charge in [0.25, 0.3) is 11.2 Å². The quantitative estimate of drug-likeness (QED) is 0.352. The highest BCUT2D eigenvalue weighted by molar-refractivity contribution is 7.17. The van der Waals surface area contributed by atoms with E-state index < -0.39 is 16.9 Å². The van der Waals surface area contributed by atoms with Crippen molar-refractivity contribution in [2.75, 3.05) is 0 Å². The second kappa shape index (κ2) is 7.89. The Bertz CT molecular complexity index is 1090. The number of carbonyl (C=O) groups is 1. The summed E-state index contributed by atoms with van der Waals surface area (Å²) in [6.07, 6.45) is 1.79. The molecule has 28 heavy (non-hydrogen) atoms. The number of rotatable bonds is 6. The number of aromatic nitrogens is 2. The van der Waals surface area contributed by atoms with Crippen LogP contribution in [0.1, 0.15) is 33.2 Å². The van der Waals surface area contributed by atoms with E-state index in [4.69, 9.17) is 4.74 Å². The van der Waals surface area contributed by atoms with E-state index in [2.05, 4.69) is 4.98 Å². The Morgan fingerprint density at radius 3 is 2.61 bits per heavy atom. The van der Waals surface area contributed by atoms with Crippen molar-refractivity contribution >= 4 is 33.2 Å². The summed E-state index contributed by atoms with van der Waals surface area (Å²) in [5.41, 5.74) is 0.918. The van der Waals surface area contributed by atoms with Crippen LogP contribution in [0, 0.1) is 10.1 Å². The first kappa shape index (κ1) is 19.7. The van der Waals surface area contributed by atoms with E-state index in [1.807, 2.05) is 6.92 Å². The number of esters is 1. The van der Waals surface area contributed by atoms with Crippen LogP contribution >= 0.6 is 11.3 Å². The summed E-state index contributed by atoms with van der Waals surface area (Å²) in [6.45, 7) is 5.29. The standard InChI is InChI=1S/C19H19N3O5S/c1-4-11(2)27-19(24)12(3)21-10-20-17-16(18(21)23)15(9-28-17)13-5-7-14(8-6-13)22(25)26/h5-12H,4H2,1-3H3. The van der Waals surface area contributed by atoms with E-state index in [1.54, 1.807) is 31.4 Å². The lowest BCUT2D eigenvalue weighted by molar-refractivity contribution is -0.384. The predicted molar refractivity (Wildman–Crippen MR) is 107 cm³/mol. The smallest absolute Gasteiger partial charge is 0.329 e. The van der Waals surface area contributed by atoms with Crippen molar-refractivity contribution in [3.05, 3.63) is 56.4 Å². The molecule has 0 radical (unpaired) electrons. The van der Waals surface area contributed by atoms with Crippen LogP contribution in [-0.2, 0) is 9.53 Å². The summed E-state index contributed by atoms with van der Waals surface area (Å²) in [4.78, 5) is 40.6. The predicted octanol–water partition coefficient (Wildman–Crippen LogP) is 3.94. The van der Waals surface area contributed by atoms with Crippen molar-refractivity contribution in [2.24, 2.45) is 0 Å². The minimum Gasteiger partial charge on any atom is -0.461 e. The van der Waals surface area contributed by atoms with Gasteiger partial charge in [0.1, 0.15) is 10.9 Å². The number of hydrogen-bond donors (Lipinski definition) is 0. The average Bonchev–Trinajstić information content (AvgIpc) is 3.12. The first-order valence-electron chi connectivity index (χ1n) is 8.77. The lowest BCUT2D eigenvalue weighted by Crippen LogP contribution is -2.31. The fourth-order valence-corrected chi connectivity index (χ4v) is 3.60. The van der Waals surface area contributed by atoms with Crippen LogP contribution in [0.2, 0.25) is 0 Å². The normalized spacial score (nSPS) is 13.2. The third-order valence-corrected chi connectivity index (χ3v) is 5.45. The van der Waals surface area contributed by atoms with Crippen LogP contribution in [0.3, 0.4) is 0 Å². The van der Waals surface area contributed by atoms with Gasteiger partial charge in [-0.3, -0.25) is 19.5 Å². The molecule has 2 unspecified atom stereocenters. The van der Waals surface area contributed by atoms with Gasteiger partial charge >= 0.3 is 5.97 Å². The highest BCUT2D eigenvalue weighted by Gasteiger charge is 2.22. The molecule has 3 rings (SSSR count). The molecule has 0 saturated heterocycles. The van der Waals surface area contributed by atoms with Gasteiger partial charge in [0, 0.05) is 23.1 Å². The van der Waals surface area contributed by atoms with Gasteiger partial charge < -0.3 is 4.74 Å². The number of nitro groups is 1. The Morgan fingerprint density at radius 2 is 2.00 bits per heavy atom. The van der Waals surface area contributed by atoms with Gasteiger partial charge in [-0.15, -0.1) is 11.3 Å². The zero-order valence-corrected chi connectivity index (χ0v) is 16.4. The Hall–Kier alpha value is -3.07. The number of nitrogens with zero attached hydrogens (tertiary/aromatic N) is 3. The number of carbonyl (C=O) groups excluding carboxylic acids is 1. The Morgan fingerprint density at radius 1 is 1.32 bits per heavy atom. The highest BCUT2D eigenvalue weighted by atomic mass is 32.1. The van der Waals surface area contributed by atoms with E-state index in [0.29, 0.717) is 27.8 Å². The molecule has 2 heterocycles. The SMILES string of the molecule is CCC(C)OC(=O)C(C)n1cnc2scc(-c3ccc([N+](=O)[O-])cc3)c2c1=O. The number of non-ortho nitro benzene ring substituents is 1. The fourth-order valence-electron chi connectivity index (χ4n) is 2.69. The molecule has 9 heteroatoms. The molecule has 1 aromatic carbocycles. The minimum absolute atomic E-state index is 0.0276. The molecule has 146 valence electrons. The second-order valence-corrected chi connectivity index (χ2v) is 7.28. The fraction of sp³-hybridized carbons (Fsp3) is 0.316. The first-order valence-corrected chi connectivity index (χ1v) is 9.65. The topological polar surface area (TPSA) is 104 Å². The molecule has 0 aliphatic rings. The first-order chi connectivity index (χ1) is 13.3. The lowest BCUT2D eigenvalue weighted by atomic mass is 10.1. The summed E-state index contributed by atoms with van der Waals surface area (Å²) in [6, 6.07) is 5.15. The van der Waals surface area contributed by atoms with Crippen molar-refractivity contribution in [3.8, 4) is 11.1 Å². The van der Waals surface area contributed by atoms with Crippen LogP contribution < -0.4 is 5.56 Å². The zero-order chi connectivity index (χ0) is 20.4. The molecular formula is C19H19N3O5S. The van der Waals surface area contributed by atoms with Crippen molar-refractivity contribution < 1.29 is 14.5 Å². The third kappa shape index (κ3) is 3.65. The number of thiophene rings is 1. The minimum atomic E-state index is -0.817. The molecule has 2 atom stereocenters. The average molecular weight is 401 g/mol. The summed E-state index contributed by atoms with van der Waals surface area (Å²) < 4.78 is 6.59. The van der Waals surface area contributed by atoms with E-state index >= 15 is 0 Å². The molecule has 3 aromatic rings. The molecule has 0 amide bonds. The van der Waals surface area contributed by atoms with Gasteiger partial charge in [0.2, 0.25) is 0 Å². The summed E-state index contributed by atoms with van der Waals surface area (Å²) >= 11 is 1.30. The molecule has 0 fully saturated rings. The van der Waals surface area contributed by atoms with Crippen LogP contribution in [0.5, 0.6) is 0 Å². The molecule has 0 bridgehead atoms. The molecule has 0 aliphatic heterocycles. The molecule has 0 spiro atoms. The summed E-state index contributed by atoms with van der Waals surface area (Å²) in [5.74, 6) is -0.496. The van der Waals surface area contributed by atoms with Crippen molar-refractivity contribution in [1.82, 2.24) is 9.55 Å². The van der Waals surface area contributed by atoms with Crippen LogP contribution in [0.25, 0.3) is 21.3 Å². The monoisotopic (exact) mass is 401 g/mol. The van der Waals surface area contributed by atoms with Crippen molar-refractivity contribution in [2.45, 2.75) is 39.3 Å². The maximum absolute atomic E-state index is 13.1. The zero-order valence-electron chi connectivity index (χ0n) is 15.6. The maximum atomic E-state index is 13.1. The number of hydrogen-bond acceptors (Lipinski definition) is 7. The van der Waals surface area contributed by atoms with E-state index in [-0.39, 0.29) is 17.4 Å². The largest absolute Gasteiger partial charge is 0.461 e. The van der Waals surface area contributed by atoms with Crippen LogP contribution in [-0.4, -0.2) is 26.5 Å². The van der Waals surface area contributed by atoms with Crippen LogP contribution in [0.15, 0.2) is 40.8 Å². The summed E-state index contributed by atoms with van der Waals surface area (Å²) in [5, 5.41) is 13.0.